The molecular formula is C8H11NO6. The number of hydrogen-bond acceptors (Lipinski definition) is 5. The molecule has 1 aliphatic heterocycles. The quantitative estimate of drug-likeness (QED) is 0.570. The lowest BCUT2D eigenvalue weighted by Gasteiger charge is -2.34. The van der Waals surface area contributed by atoms with Crippen LogP contribution in [0.1, 0.15) is 6.92 Å². The molecule has 0 aromatic rings. The number of ether oxygens (including phenoxy) is 1. The second-order valence-electron chi connectivity index (χ2n) is 3.28. The van der Waals surface area contributed by atoms with Crippen molar-refractivity contribution in [1.82, 2.24) is 4.90 Å². The van der Waals surface area contributed by atoms with Gasteiger partial charge in [-0.05, 0) is 6.92 Å². The first-order chi connectivity index (χ1) is 6.91. The van der Waals surface area contributed by atoms with Gasteiger partial charge in [-0.1, -0.05) is 0 Å². The molecule has 1 heterocycles. The van der Waals surface area contributed by atoms with Crippen molar-refractivity contribution in [2.24, 2.45) is 0 Å². The predicted octanol–water partition coefficient (Wildman–Crippen LogP) is -1.23. The predicted molar refractivity (Wildman–Crippen MR) is 46.2 cm³/mol. The molecule has 7 nitrogen and oxygen atoms in total. The van der Waals surface area contributed by atoms with Gasteiger partial charge in [0.2, 0.25) is 0 Å². The molecule has 0 spiro atoms. The van der Waals surface area contributed by atoms with E-state index in [0.29, 0.717) is 0 Å². The number of nitrogens with zero attached hydrogens (tertiary/aromatic N) is 1. The Morgan fingerprint density at radius 3 is 2.60 bits per heavy atom. The van der Waals surface area contributed by atoms with E-state index in [2.05, 4.69) is 0 Å². The molecule has 0 bridgehead atoms. The van der Waals surface area contributed by atoms with Crippen LogP contribution in [0.4, 0.5) is 0 Å². The van der Waals surface area contributed by atoms with Crippen LogP contribution in [0.25, 0.3) is 0 Å². The summed E-state index contributed by atoms with van der Waals surface area (Å²) in [6, 6.07) is -1.10. The SMILES string of the molecule is C[C@H]1OC(=O)CN(CC(=O)O)[C@@H]1C(=O)O. The van der Waals surface area contributed by atoms with Crippen LogP contribution in [0.3, 0.4) is 0 Å². The Morgan fingerprint density at radius 2 is 2.13 bits per heavy atom. The largest absolute Gasteiger partial charge is 0.480 e. The topological polar surface area (TPSA) is 104 Å². The van der Waals surface area contributed by atoms with Gasteiger partial charge in [0, 0.05) is 0 Å². The van der Waals surface area contributed by atoms with Crippen molar-refractivity contribution in [3.05, 3.63) is 0 Å². The van der Waals surface area contributed by atoms with Gasteiger partial charge in [0.1, 0.15) is 12.1 Å². The van der Waals surface area contributed by atoms with Gasteiger partial charge in [-0.25, -0.2) is 0 Å². The molecule has 0 aromatic carbocycles. The van der Waals surface area contributed by atoms with E-state index < -0.39 is 36.6 Å². The van der Waals surface area contributed by atoms with E-state index in [4.69, 9.17) is 14.9 Å². The van der Waals surface area contributed by atoms with Gasteiger partial charge < -0.3 is 14.9 Å². The van der Waals surface area contributed by atoms with Crippen molar-refractivity contribution in [3.8, 4) is 0 Å². The highest BCUT2D eigenvalue weighted by Gasteiger charge is 2.39. The van der Waals surface area contributed by atoms with Crippen LogP contribution in [-0.2, 0) is 19.1 Å². The van der Waals surface area contributed by atoms with Gasteiger partial charge in [-0.3, -0.25) is 19.3 Å². The fourth-order valence-corrected chi connectivity index (χ4v) is 1.56. The first-order valence-electron chi connectivity index (χ1n) is 4.30. The van der Waals surface area contributed by atoms with Gasteiger partial charge in [-0.15, -0.1) is 0 Å². The number of esters is 1. The minimum atomic E-state index is -1.20. The van der Waals surface area contributed by atoms with E-state index in [1.54, 1.807) is 0 Å². The zero-order chi connectivity index (χ0) is 11.6. The Hall–Kier alpha value is -1.63. The van der Waals surface area contributed by atoms with Crippen LogP contribution in [-0.4, -0.2) is 58.3 Å². The maximum Gasteiger partial charge on any atom is 0.324 e. The number of carbonyl (C=O) groups is 3. The molecule has 1 aliphatic rings. The first kappa shape index (κ1) is 11.4. The molecule has 0 amide bonds. The van der Waals surface area contributed by atoms with Crippen molar-refractivity contribution in [2.75, 3.05) is 13.1 Å². The lowest BCUT2D eigenvalue weighted by Crippen LogP contribution is -2.57. The fourth-order valence-electron chi connectivity index (χ4n) is 1.56. The number of aliphatic carboxylic acids is 2. The second kappa shape index (κ2) is 4.26. The van der Waals surface area contributed by atoms with Gasteiger partial charge in [0.15, 0.2) is 0 Å². The van der Waals surface area contributed by atoms with E-state index >= 15 is 0 Å². The summed E-state index contributed by atoms with van der Waals surface area (Å²) in [5.41, 5.74) is 0. The Morgan fingerprint density at radius 1 is 1.53 bits per heavy atom. The second-order valence-corrected chi connectivity index (χ2v) is 3.28. The minimum Gasteiger partial charge on any atom is -0.480 e. The standard InChI is InChI=1S/C8H11NO6/c1-4-7(8(13)14)9(2-5(10)11)3-6(12)15-4/h4,7H,2-3H2,1H3,(H,10,11)(H,13,14)/t4-,7+/m1/s1. The average Bonchev–Trinajstić information content (AvgIpc) is 1.99. The lowest BCUT2D eigenvalue weighted by molar-refractivity contribution is -0.172. The van der Waals surface area contributed by atoms with Crippen LogP contribution in [0.15, 0.2) is 0 Å². The molecule has 84 valence electrons. The van der Waals surface area contributed by atoms with Crippen molar-refractivity contribution in [2.45, 2.75) is 19.1 Å². The molecule has 2 atom stereocenters. The summed E-state index contributed by atoms with van der Waals surface area (Å²) < 4.78 is 4.72. The lowest BCUT2D eigenvalue weighted by atomic mass is 10.1. The third kappa shape index (κ3) is 2.66. The van der Waals surface area contributed by atoms with Gasteiger partial charge in [-0.2, -0.15) is 0 Å². The molecule has 0 unspecified atom stereocenters. The van der Waals surface area contributed by atoms with E-state index in [1.165, 1.54) is 6.92 Å². The molecule has 1 rings (SSSR count). The molecular weight excluding hydrogens is 206 g/mol. The number of carboxylic acid groups (broad SMARTS) is 2. The highest BCUT2D eigenvalue weighted by atomic mass is 16.6. The molecule has 0 radical (unpaired) electrons. The molecule has 0 aliphatic carbocycles. The van der Waals surface area contributed by atoms with Crippen LogP contribution >= 0.6 is 0 Å². The zero-order valence-corrected chi connectivity index (χ0v) is 8.04. The van der Waals surface area contributed by atoms with Crippen LogP contribution in [0.2, 0.25) is 0 Å². The van der Waals surface area contributed by atoms with E-state index in [-0.39, 0.29) is 6.54 Å². The number of carboxylic acids is 2. The molecule has 0 aromatic heterocycles. The summed E-state index contributed by atoms with van der Waals surface area (Å²) in [4.78, 5) is 33.4. The summed E-state index contributed by atoms with van der Waals surface area (Å²) in [6.45, 7) is 0.620. The monoisotopic (exact) mass is 217 g/mol. The van der Waals surface area contributed by atoms with Crippen molar-refractivity contribution in [1.29, 1.82) is 0 Å². The number of morpholine rings is 1. The van der Waals surface area contributed by atoms with E-state index in [0.717, 1.165) is 4.90 Å². The molecule has 1 fully saturated rings. The van der Waals surface area contributed by atoms with Crippen LogP contribution in [0.5, 0.6) is 0 Å². The van der Waals surface area contributed by atoms with Crippen molar-refractivity contribution < 1.29 is 29.3 Å². The maximum absolute atomic E-state index is 11.0. The Bertz CT molecular complexity index is 300. The van der Waals surface area contributed by atoms with Crippen LogP contribution < -0.4 is 0 Å². The van der Waals surface area contributed by atoms with Gasteiger partial charge in [0.05, 0.1) is 13.1 Å². The smallest absolute Gasteiger partial charge is 0.324 e. The first-order valence-corrected chi connectivity index (χ1v) is 4.30. The van der Waals surface area contributed by atoms with Gasteiger partial charge >= 0.3 is 17.9 Å². The molecule has 1 saturated heterocycles. The molecule has 15 heavy (non-hydrogen) atoms. The minimum absolute atomic E-state index is 0.312. The summed E-state index contributed by atoms with van der Waals surface area (Å²) in [7, 11) is 0. The fraction of sp³-hybridized carbons (Fsp3) is 0.625. The van der Waals surface area contributed by atoms with E-state index in [9.17, 15) is 14.4 Å². The number of carbonyl (C=O) groups excluding carboxylic acids is 1. The average molecular weight is 217 g/mol. The van der Waals surface area contributed by atoms with Gasteiger partial charge in [0.25, 0.3) is 0 Å². The molecule has 0 saturated carbocycles. The Kier molecular flexibility index (Phi) is 3.25. The maximum atomic E-state index is 11.0. The summed E-state index contributed by atoms with van der Waals surface area (Å²) >= 11 is 0. The van der Waals surface area contributed by atoms with Crippen molar-refractivity contribution >= 4 is 17.9 Å². The van der Waals surface area contributed by atoms with E-state index in [1.807, 2.05) is 0 Å². The Labute approximate surface area is 85.2 Å². The third-order valence-corrected chi connectivity index (χ3v) is 2.08. The highest BCUT2D eigenvalue weighted by molar-refractivity contribution is 5.81. The molecule has 7 heteroatoms. The highest BCUT2D eigenvalue weighted by Crippen LogP contribution is 2.14. The third-order valence-electron chi connectivity index (χ3n) is 2.08. The van der Waals surface area contributed by atoms with Crippen LogP contribution in [0, 0.1) is 0 Å². The number of hydrogen-bond donors (Lipinski definition) is 2. The van der Waals surface area contributed by atoms with Crippen molar-refractivity contribution in [3.63, 3.8) is 0 Å². The zero-order valence-electron chi connectivity index (χ0n) is 8.04. The molecule has 2 N–H and O–H groups in total. The normalized spacial score (nSPS) is 27.1. The number of rotatable bonds is 3. The Balaban J connectivity index is 2.81. The summed E-state index contributed by atoms with van der Waals surface area (Å²) in [6.07, 6.45) is -0.844. The number of cyclic esters (lactones) is 1. The summed E-state index contributed by atoms with van der Waals surface area (Å²) in [5, 5.41) is 17.4. The summed E-state index contributed by atoms with van der Waals surface area (Å²) in [5.74, 6) is -2.99.